The number of likely N-dealkylation sites (tertiary alicyclic amines) is 1. The quantitative estimate of drug-likeness (QED) is 0.895. The summed E-state index contributed by atoms with van der Waals surface area (Å²) in [6.45, 7) is 4.26. The highest BCUT2D eigenvalue weighted by Crippen LogP contribution is 2.32. The first-order valence-corrected chi connectivity index (χ1v) is 9.28. The molecule has 26 heavy (non-hydrogen) atoms. The fraction of sp³-hybridized carbons (Fsp3) is 0.500. The Labute approximate surface area is 154 Å². The number of amides is 1. The van der Waals surface area contributed by atoms with E-state index in [-0.39, 0.29) is 11.9 Å². The first kappa shape index (κ1) is 17.1. The van der Waals surface area contributed by atoms with Gasteiger partial charge < -0.3 is 10.1 Å². The highest BCUT2D eigenvalue weighted by atomic mass is 16.5. The first-order chi connectivity index (χ1) is 12.5. The lowest BCUT2D eigenvalue weighted by molar-refractivity contribution is 0.0931. The Morgan fingerprint density at radius 1 is 1.27 bits per heavy atom. The average molecular weight is 354 g/mol. The molecule has 2 aromatic rings. The van der Waals surface area contributed by atoms with Crippen LogP contribution in [0.5, 0.6) is 5.75 Å². The van der Waals surface area contributed by atoms with Crippen molar-refractivity contribution in [3.8, 4) is 17.0 Å². The number of aryl methyl sites for hydroxylation is 1. The molecule has 4 rings (SSSR count). The van der Waals surface area contributed by atoms with Crippen molar-refractivity contribution in [3.63, 3.8) is 0 Å². The molecule has 0 spiro atoms. The number of rotatable bonds is 5. The lowest BCUT2D eigenvalue weighted by atomic mass is 10.0. The number of benzene rings is 1. The van der Waals surface area contributed by atoms with Gasteiger partial charge in [-0.1, -0.05) is 6.92 Å². The van der Waals surface area contributed by atoms with Gasteiger partial charge in [0.05, 0.1) is 12.8 Å². The Bertz CT molecular complexity index is 812. The van der Waals surface area contributed by atoms with Gasteiger partial charge >= 0.3 is 0 Å². The van der Waals surface area contributed by atoms with E-state index < -0.39 is 0 Å². The smallest absolute Gasteiger partial charge is 0.251 e. The third-order valence-corrected chi connectivity index (χ3v) is 5.47. The van der Waals surface area contributed by atoms with Gasteiger partial charge in [-0.05, 0) is 43.0 Å². The number of nitrogens with zero attached hydrogens (tertiary/aromatic N) is 3. The van der Waals surface area contributed by atoms with E-state index >= 15 is 0 Å². The number of aromatic nitrogens is 2. The highest BCUT2D eigenvalue weighted by molar-refractivity contribution is 5.96. The first-order valence-electron chi connectivity index (χ1n) is 9.28. The molecule has 1 N–H and O–H groups in total. The van der Waals surface area contributed by atoms with Crippen LogP contribution in [0.25, 0.3) is 11.3 Å². The Kier molecular flexibility index (Phi) is 4.44. The molecule has 138 valence electrons. The van der Waals surface area contributed by atoms with Crippen LogP contribution in [0.15, 0.2) is 30.5 Å². The van der Waals surface area contributed by atoms with Crippen molar-refractivity contribution in [1.29, 1.82) is 0 Å². The maximum absolute atomic E-state index is 12.8. The van der Waals surface area contributed by atoms with E-state index in [0.717, 1.165) is 36.1 Å². The highest BCUT2D eigenvalue weighted by Gasteiger charge is 2.38. The molecular weight excluding hydrogens is 328 g/mol. The van der Waals surface area contributed by atoms with Crippen molar-refractivity contribution >= 4 is 5.91 Å². The molecule has 0 unspecified atom stereocenters. The van der Waals surface area contributed by atoms with E-state index in [2.05, 4.69) is 22.2 Å². The Morgan fingerprint density at radius 2 is 2.08 bits per heavy atom. The summed E-state index contributed by atoms with van der Waals surface area (Å²) in [6.07, 6.45) is 4.49. The molecule has 1 amide bonds. The summed E-state index contributed by atoms with van der Waals surface area (Å²) >= 11 is 0. The number of carbonyl (C=O) groups is 1. The van der Waals surface area contributed by atoms with Crippen molar-refractivity contribution < 1.29 is 9.53 Å². The van der Waals surface area contributed by atoms with E-state index in [1.807, 2.05) is 37.5 Å². The van der Waals surface area contributed by atoms with Crippen molar-refractivity contribution in [2.24, 2.45) is 13.0 Å². The second kappa shape index (κ2) is 6.76. The zero-order valence-corrected chi connectivity index (χ0v) is 15.6. The van der Waals surface area contributed by atoms with Crippen molar-refractivity contribution in [2.75, 3.05) is 20.2 Å². The van der Waals surface area contributed by atoms with Gasteiger partial charge in [0.2, 0.25) is 0 Å². The Balaban J connectivity index is 1.52. The molecule has 0 bridgehead atoms. The van der Waals surface area contributed by atoms with E-state index in [1.165, 1.54) is 12.8 Å². The number of carbonyl (C=O) groups excluding carboxylic acids is 1. The third kappa shape index (κ3) is 3.33. The average Bonchev–Trinajstić information content (AvgIpc) is 3.31. The number of hydrogen-bond donors (Lipinski definition) is 1. The molecule has 1 aromatic carbocycles. The molecule has 1 aliphatic carbocycles. The van der Waals surface area contributed by atoms with Crippen LogP contribution in [-0.4, -0.2) is 52.9 Å². The minimum atomic E-state index is -0.0284. The van der Waals surface area contributed by atoms with E-state index in [0.29, 0.717) is 11.5 Å². The molecule has 2 aliphatic rings. The van der Waals surface area contributed by atoms with Crippen molar-refractivity contribution in [1.82, 2.24) is 20.0 Å². The normalized spacial score (nSPS) is 23.2. The summed E-state index contributed by atoms with van der Waals surface area (Å²) in [4.78, 5) is 15.3. The third-order valence-electron chi connectivity index (χ3n) is 5.47. The second-order valence-corrected chi connectivity index (χ2v) is 7.53. The summed E-state index contributed by atoms with van der Waals surface area (Å²) in [5, 5.41) is 7.67. The molecule has 1 saturated carbocycles. The maximum atomic E-state index is 12.8. The minimum Gasteiger partial charge on any atom is -0.496 e. The van der Waals surface area contributed by atoms with Gasteiger partial charge in [0.25, 0.3) is 5.91 Å². The van der Waals surface area contributed by atoms with Crippen molar-refractivity contribution in [2.45, 2.75) is 31.8 Å². The molecule has 1 aliphatic heterocycles. The lowest BCUT2D eigenvalue weighted by Crippen LogP contribution is -2.40. The van der Waals surface area contributed by atoms with Gasteiger partial charge in [-0.2, -0.15) is 5.10 Å². The van der Waals surface area contributed by atoms with Crippen LogP contribution < -0.4 is 10.1 Å². The Hall–Kier alpha value is -2.34. The van der Waals surface area contributed by atoms with Gasteiger partial charge in [0.15, 0.2) is 0 Å². The maximum Gasteiger partial charge on any atom is 0.251 e. The van der Waals surface area contributed by atoms with Gasteiger partial charge in [0, 0.05) is 49.5 Å². The SMILES string of the molecule is COc1ccc(C(=O)N[C@H]2CN(C3CC3)C[C@H]2C)cc1-c1ccn(C)n1. The van der Waals surface area contributed by atoms with Crippen LogP contribution in [0.1, 0.15) is 30.1 Å². The number of hydrogen-bond acceptors (Lipinski definition) is 4. The summed E-state index contributed by atoms with van der Waals surface area (Å²) in [5.41, 5.74) is 2.27. The molecule has 6 nitrogen and oxygen atoms in total. The van der Waals surface area contributed by atoms with Crippen LogP contribution in [-0.2, 0) is 7.05 Å². The molecule has 2 fully saturated rings. The second-order valence-electron chi connectivity index (χ2n) is 7.53. The monoisotopic (exact) mass is 354 g/mol. The van der Waals surface area contributed by atoms with Crippen LogP contribution in [0.2, 0.25) is 0 Å². The summed E-state index contributed by atoms with van der Waals surface area (Å²) in [7, 11) is 3.51. The fourth-order valence-corrected chi connectivity index (χ4v) is 3.79. The van der Waals surface area contributed by atoms with Gasteiger partial charge in [-0.25, -0.2) is 0 Å². The molecular formula is C20H26N4O2. The lowest BCUT2D eigenvalue weighted by Gasteiger charge is -2.17. The molecule has 1 aromatic heterocycles. The van der Waals surface area contributed by atoms with Crippen LogP contribution in [0, 0.1) is 5.92 Å². The Morgan fingerprint density at radius 3 is 2.73 bits per heavy atom. The van der Waals surface area contributed by atoms with E-state index in [1.54, 1.807) is 11.8 Å². The minimum absolute atomic E-state index is 0.0284. The molecule has 1 saturated heterocycles. The topological polar surface area (TPSA) is 59.4 Å². The van der Waals surface area contributed by atoms with Crippen LogP contribution in [0.4, 0.5) is 0 Å². The summed E-state index contributed by atoms with van der Waals surface area (Å²) in [6, 6.07) is 8.41. The zero-order valence-electron chi connectivity index (χ0n) is 15.6. The van der Waals surface area contributed by atoms with Gasteiger partial charge in [-0.3, -0.25) is 14.4 Å². The summed E-state index contributed by atoms with van der Waals surface area (Å²) < 4.78 is 7.20. The predicted molar refractivity (Wildman–Crippen MR) is 100 cm³/mol. The number of methoxy groups -OCH3 is 1. The fourth-order valence-electron chi connectivity index (χ4n) is 3.79. The van der Waals surface area contributed by atoms with Crippen LogP contribution in [0.3, 0.4) is 0 Å². The standard InChI is InChI=1S/C20H26N4O2/c1-13-11-24(15-5-6-15)12-18(13)21-20(25)14-4-7-19(26-3)16(10-14)17-8-9-23(2)22-17/h4,7-10,13,15,18H,5-6,11-12H2,1-3H3,(H,21,25)/t13-,18+/m1/s1. The predicted octanol–water partition coefficient (Wildman–Crippen LogP) is 2.31. The van der Waals surface area contributed by atoms with Gasteiger partial charge in [-0.15, -0.1) is 0 Å². The number of nitrogens with one attached hydrogen (secondary N) is 1. The van der Waals surface area contributed by atoms with E-state index in [9.17, 15) is 4.79 Å². The summed E-state index contributed by atoms with van der Waals surface area (Å²) in [5.74, 6) is 1.17. The van der Waals surface area contributed by atoms with Crippen LogP contribution >= 0.6 is 0 Å². The van der Waals surface area contributed by atoms with E-state index in [4.69, 9.17) is 4.74 Å². The molecule has 2 heterocycles. The molecule has 0 radical (unpaired) electrons. The largest absolute Gasteiger partial charge is 0.496 e. The van der Waals surface area contributed by atoms with Crippen molar-refractivity contribution in [3.05, 3.63) is 36.0 Å². The van der Waals surface area contributed by atoms with Gasteiger partial charge in [0.1, 0.15) is 5.75 Å². The zero-order chi connectivity index (χ0) is 18.3. The molecule has 6 heteroatoms. The molecule has 2 atom stereocenters. The number of ether oxygens (including phenoxy) is 1.